The van der Waals surface area contributed by atoms with Crippen molar-refractivity contribution in [1.29, 1.82) is 0 Å². The number of amides is 2. The van der Waals surface area contributed by atoms with E-state index in [0.717, 1.165) is 25.7 Å². The number of hydrogen-bond donors (Lipinski definition) is 1. The Bertz CT molecular complexity index is 269. The maximum atomic E-state index is 12.0. The Hall–Kier alpha value is -0.990. The molecule has 2 rings (SSSR count). The van der Waals surface area contributed by atoms with E-state index >= 15 is 0 Å². The van der Waals surface area contributed by atoms with Crippen LogP contribution in [0.5, 0.6) is 0 Å². The SMILES string of the molecule is C=C1CC2CCC(C1)N2C(=O)NC(C)C. The first-order valence-electron chi connectivity index (χ1n) is 5.83. The molecule has 0 aromatic carbocycles. The summed E-state index contributed by atoms with van der Waals surface area (Å²) in [6.07, 6.45) is 4.30. The second-order valence-electron chi connectivity index (χ2n) is 5.05. The average Bonchev–Trinajstić information content (AvgIpc) is 2.38. The topological polar surface area (TPSA) is 32.3 Å². The summed E-state index contributed by atoms with van der Waals surface area (Å²) in [5.74, 6) is 0. The summed E-state index contributed by atoms with van der Waals surface area (Å²) < 4.78 is 0. The molecule has 2 aliphatic heterocycles. The van der Waals surface area contributed by atoms with Gasteiger partial charge in [-0.05, 0) is 39.5 Å². The van der Waals surface area contributed by atoms with Gasteiger partial charge in [0.25, 0.3) is 0 Å². The lowest BCUT2D eigenvalue weighted by Crippen LogP contribution is -2.50. The monoisotopic (exact) mass is 208 g/mol. The van der Waals surface area contributed by atoms with Gasteiger partial charge in [-0.15, -0.1) is 0 Å². The smallest absolute Gasteiger partial charge is 0.318 e. The molecule has 1 N–H and O–H groups in total. The van der Waals surface area contributed by atoms with Gasteiger partial charge in [-0.2, -0.15) is 0 Å². The maximum Gasteiger partial charge on any atom is 0.318 e. The molecule has 2 amide bonds. The third-order valence-electron chi connectivity index (χ3n) is 3.32. The lowest BCUT2D eigenvalue weighted by molar-refractivity contribution is 0.159. The molecular weight excluding hydrogens is 188 g/mol. The molecule has 0 aromatic heterocycles. The molecular formula is C12H20N2O. The third kappa shape index (κ3) is 2.01. The molecule has 0 aliphatic carbocycles. The molecule has 15 heavy (non-hydrogen) atoms. The van der Waals surface area contributed by atoms with Crippen LogP contribution in [-0.2, 0) is 0 Å². The van der Waals surface area contributed by atoms with Crippen molar-refractivity contribution in [3.8, 4) is 0 Å². The minimum atomic E-state index is 0.116. The second kappa shape index (κ2) is 3.87. The number of nitrogens with zero attached hydrogens (tertiary/aromatic N) is 1. The van der Waals surface area contributed by atoms with Crippen LogP contribution in [0.3, 0.4) is 0 Å². The molecule has 2 aliphatic rings. The molecule has 2 heterocycles. The fourth-order valence-electron chi connectivity index (χ4n) is 2.76. The third-order valence-corrected chi connectivity index (χ3v) is 3.32. The van der Waals surface area contributed by atoms with Crippen molar-refractivity contribution in [2.45, 2.75) is 57.7 Å². The van der Waals surface area contributed by atoms with Crippen LogP contribution in [0.15, 0.2) is 12.2 Å². The predicted molar refractivity (Wildman–Crippen MR) is 60.7 cm³/mol. The van der Waals surface area contributed by atoms with Crippen molar-refractivity contribution in [3.05, 3.63) is 12.2 Å². The molecule has 2 unspecified atom stereocenters. The van der Waals surface area contributed by atoms with Gasteiger partial charge in [-0.25, -0.2) is 4.79 Å². The lowest BCUT2D eigenvalue weighted by atomic mass is 9.99. The van der Waals surface area contributed by atoms with Crippen molar-refractivity contribution in [2.75, 3.05) is 0 Å². The summed E-state index contributed by atoms with van der Waals surface area (Å²) >= 11 is 0. The van der Waals surface area contributed by atoms with E-state index in [2.05, 4.69) is 16.8 Å². The average molecular weight is 208 g/mol. The molecule has 2 saturated heterocycles. The van der Waals surface area contributed by atoms with Crippen molar-refractivity contribution in [1.82, 2.24) is 10.2 Å². The van der Waals surface area contributed by atoms with Gasteiger partial charge in [0.1, 0.15) is 0 Å². The number of urea groups is 1. The summed E-state index contributed by atoms with van der Waals surface area (Å²) in [6, 6.07) is 1.16. The summed E-state index contributed by atoms with van der Waals surface area (Å²) in [6.45, 7) is 8.06. The Morgan fingerprint density at radius 3 is 2.40 bits per heavy atom. The van der Waals surface area contributed by atoms with Crippen molar-refractivity contribution in [2.24, 2.45) is 0 Å². The number of piperidine rings is 1. The molecule has 0 saturated carbocycles. The zero-order chi connectivity index (χ0) is 11.0. The van der Waals surface area contributed by atoms with Gasteiger partial charge in [0.15, 0.2) is 0 Å². The summed E-state index contributed by atoms with van der Waals surface area (Å²) in [5.41, 5.74) is 1.32. The van der Waals surface area contributed by atoms with Gasteiger partial charge in [0.2, 0.25) is 0 Å². The molecule has 2 bridgehead atoms. The molecule has 3 heteroatoms. The molecule has 0 spiro atoms. The van der Waals surface area contributed by atoms with Crippen LogP contribution >= 0.6 is 0 Å². The van der Waals surface area contributed by atoms with E-state index < -0.39 is 0 Å². The highest BCUT2D eigenvalue weighted by Crippen LogP contribution is 2.37. The number of hydrogen-bond acceptors (Lipinski definition) is 1. The van der Waals surface area contributed by atoms with Crippen LogP contribution in [-0.4, -0.2) is 29.1 Å². The second-order valence-corrected chi connectivity index (χ2v) is 5.05. The number of carbonyl (C=O) groups excluding carboxylic acids is 1. The molecule has 2 fully saturated rings. The fraction of sp³-hybridized carbons (Fsp3) is 0.750. The molecule has 0 radical (unpaired) electrons. The lowest BCUT2D eigenvalue weighted by Gasteiger charge is -2.36. The minimum Gasteiger partial charge on any atom is -0.336 e. The van der Waals surface area contributed by atoms with Gasteiger partial charge in [0, 0.05) is 18.1 Å². The van der Waals surface area contributed by atoms with Crippen LogP contribution < -0.4 is 5.32 Å². The Morgan fingerprint density at radius 2 is 1.93 bits per heavy atom. The van der Waals surface area contributed by atoms with E-state index in [1.807, 2.05) is 13.8 Å². The largest absolute Gasteiger partial charge is 0.336 e. The fourth-order valence-corrected chi connectivity index (χ4v) is 2.76. The van der Waals surface area contributed by atoms with Gasteiger partial charge in [-0.3, -0.25) is 0 Å². The molecule has 0 aromatic rings. The minimum absolute atomic E-state index is 0.116. The standard InChI is InChI=1S/C12H20N2O/c1-8(2)13-12(15)14-10-4-5-11(14)7-9(3)6-10/h8,10-11H,3-7H2,1-2H3,(H,13,15). The molecule has 2 atom stereocenters. The number of fused-ring (bicyclic) bond motifs is 2. The number of carbonyl (C=O) groups is 1. The summed E-state index contributed by atoms with van der Waals surface area (Å²) in [5, 5.41) is 2.99. The van der Waals surface area contributed by atoms with E-state index in [4.69, 9.17) is 0 Å². The summed E-state index contributed by atoms with van der Waals surface area (Å²) in [7, 11) is 0. The normalized spacial score (nSPS) is 29.8. The summed E-state index contributed by atoms with van der Waals surface area (Å²) in [4.78, 5) is 14.0. The zero-order valence-electron chi connectivity index (χ0n) is 9.62. The first-order chi connectivity index (χ1) is 7.08. The Balaban J connectivity index is 2.04. The number of nitrogens with one attached hydrogen (secondary N) is 1. The van der Waals surface area contributed by atoms with E-state index in [9.17, 15) is 4.79 Å². The zero-order valence-corrected chi connectivity index (χ0v) is 9.62. The molecule has 84 valence electrons. The van der Waals surface area contributed by atoms with Crippen LogP contribution in [0.4, 0.5) is 4.79 Å². The quantitative estimate of drug-likeness (QED) is 0.659. The maximum absolute atomic E-state index is 12.0. The van der Waals surface area contributed by atoms with E-state index in [1.165, 1.54) is 5.57 Å². The van der Waals surface area contributed by atoms with E-state index in [0.29, 0.717) is 12.1 Å². The highest BCUT2D eigenvalue weighted by atomic mass is 16.2. The highest BCUT2D eigenvalue weighted by Gasteiger charge is 2.40. The Labute approximate surface area is 91.5 Å². The van der Waals surface area contributed by atoms with Gasteiger partial charge in [-0.1, -0.05) is 12.2 Å². The van der Waals surface area contributed by atoms with Crippen molar-refractivity contribution < 1.29 is 4.79 Å². The van der Waals surface area contributed by atoms with Crippen molar-refractivity contribution in [3.63, 3.8) is 0 Å². The molecule has 3 nitrogen and oxygen atoms in total. The van der Waals surface area contributed by atoms with Crippen LogP contribution in [0.1, 0.15) is 39.5 Å². The highest BCUT2D eigenvalue weighted by molar-refractivity contribution is 5.76. The van der Waals surface area contributed by atoms with Crippen LogP contribution in [0.25, 0.3) is 0 Å². The van der Waals surface area contributed by atoms with Crippen LogP contribution in [0, 0.1) is 0 Å². The first kappa shape index (κ1) is 10.5. The van der Waals surface area contributed by atoms with Gasteiger partial charge >= 0.3 is 6.03 Å². The predicted octanol–water partition coefficient (Wildman–Crippen LogP) is 2.29. The van der Waals surface area contributed by atoms with Crippen LogP contribution in [0.2, 0.25) is 0 Å². The van der Waals surface area contributed by atoms with E-state index in [1.54, 1.807) is 0 Å². The number of rotatable bonds is 1. The van der Waals surface area contributed by atoms with E-state index in [-0.39, 0.29) is 12.1 Å². The van der Waals surface area contributed by atoms with Gasteiger partial charge < -0.3 is 10.2 Å². The van der Waals surface area contributed by atoms with Crippen molar-refractivity contribution >= 4 is 6.03 Å². The Morgan fingerprint density at radius 1 is 1.40 bits per heavy atom. The van der Waals surface area contributed by atoms with Gasteiger partial charge in [0.05, 0.1) is 0 Å². The Kier molecular flexibility index (Phi) is 2.72. The first-order valence-corrected chi connectivity index (χ1v) is 5.83.